The van der Waals surface area contributed by atoms with Crippen molar-refractivity contribution in [2.24, 2.45) is 0 Å². The van der Waals surface area contributed by atoms with E-state index in [1.165, 1.54) is 16.3 Å². The van der Waals surface area contributed by atoms with Crippen LogP contribution in [0.4, 0.5) is 0 Å². The van der Waals surface area contributed by atoms with Crippen LogP contribution in [0.3, 0.4) is 0 Å². The quantitative estimate of drug-likeness (QED) is 0.196. The molecule has 0 unspecified atom stereocenters. The van der Waals surface area contributed by atoms with Gasteiger partial charge in [0.25, 0.3) is 0 Å². The van der Waals surface area contributed by atoms with E-state index >= 15 is 0 Å². The van der Waals surface area contributed by atoms with Gasteiger partial charge in [-0.05, 0) is 53.2 Å². The predicted octanol–water partition coefficient (Wildman–Crippen LogP) is 11.4. The minimum Gasteiger partial charge on any atom is -0.452 e. The summed E-state index contributed by atoms with van der Waals surface area (Å²) in [6, 6.07) is 55.4. The summed E-state index contributed by atoms with van der Waals surface area (Å²) in [6.07, 6.45) is 0. The highest BCUT2D eigenvalue weighted by Gasteiger charge is 2.23. The van der Waals surface area contributed by atoms with E-state index < -0.39 is 0 Å². The van der Waals surface area contributed by atoms with E-state index in [1.54, 1.807) is 0 Å². The average molecular weight is 627 g/mol. The Morgan fingerprint density at radius 2 is 1.06 bits per heavy atom. The van der Waals surface area contributed by atoms with E-state index in [2.05, 4.69) is 143 Å². The zero-order valence-corrected chi connectivity index (χ0v) is 26.2. The van der Waals surface area contributed by atoms with Crippen molar-refractivity contribution in [1.29, 1.82) is 0 Å². The summed E-state index contributed by atoms with van der Waals surface area (Å²) in [7, 11) is 0. The highest BCUT2D eigenvalue weighted by molar-refractivity contribution is 6.21. The molecule has 0 saturated carbocycles. The number of rotatable bonds is 3. The molecular formula is C44H26N4O. The summed E-state index contributed by atoms with van der Waals surface area (Å²) in [5.74, 6) is 0.606. The Bertz CT molecular complexity index is 3100. The van der Waals surface area contributed by atoms with Crippen molar-refractivity contribution >= 4 is 76.5 Å². The lowest BCUT2D eigenvalue weighted by atomic mass is 10.1. The minimum atomic E-state index is 0.606. The van der Waals surface area contributed by atoms with Gasteiger partial charge in [0.15, 0.2) is 5.58 Å². The molecule has 0 aliphatic heterocycles. The maximum absolute atomic E-state index is 6.61. The van der Waals surface area contributed by atoms with Crippen LogP contribution < -0.4 is 0 Å². The van der Waals surface area contributed by atoms with Crippen molar-refractivity contribution in [2.45, 2.75) is 0 Å². The first kappa shape index (κ1) is 26.4. The second kappa shape index (κ2) is 9.89. The molecule has 0 amide bonds. The van der Waals surface area contributed by atoms with Gasteiger partial charge in [-0.25, -0.2) is 9.97 Å². The number of para-hydroxylation sites is 3. The molecule has 0 fully saturated rings. The molecule has 0 radical (unpaired) electrons. The Hall–Kier alpha value is -6.72. The van der Waals surface area contributed by atoms with E-state index in [4.69, 9.17) is 14.4 Å². The lowest BCUT2D eigenvalue weighted by molar-refractivity contribution is 0.667. The molecule has 0 aliphatic rings. The number of hydrogen-bond donors (Lipinski definition) is 0. The molecule has 0 spiro atoms. The molecule has 11 rings (SSSR count). The Kier molecular flexibility index (Phi) is 5.32. The zero-order valence-electron chi connectivity index (χ0n) is 26.2. The van der Waals surface area contributed by atoms with Gasteiger partial charge < -0.3 is 8.98 Å². The molecule has 0 atom stereocenters. The van der Waals surface area contributed by atoms with Crippen molar-refractivity contribution in [3.63, 3.8) is 0 Å². The first-order valence-corrected chi connectivity index (χ1v) is 16.5. The standard InChI is InChI=1S/C44H26N4O/c1-3-14-28(15-4-1)41-43-42(40-30-18-8-7-13-27(30)23-24-39(40)49-43)46-44(45-41)48-36-22-12-10-20-32(36)34-25-33-31-19-9-11-21-35(31)47(37(33)26-38(34)48)29-16-5-2-6-17-29/h1-26H. The molecule has 11 aromatic rings. The summed E-state index contributed by atoms with van der Waals surface area (Å²) in [5.41, 5.74) is 9.57. The third-order valence-corrected chi connectivity index (χ3v) is 9.92. The third-order valence-electron chi connectivity index (χ3n) is 9.92. The Balaban J connectivity index is 1.31. The van der Waals surface area contributed by atoms with E-state index in [1.807, 2.05) is 24.3 Å². The normalized spacial score (nSPS) is 12.1. The zero-order chi connectivity index (χ0) is 32.1. The van der Waals surface area contributed by atoms with Crippen LogP contribution in [0.1, 0.15) is 0 Å². The van der Waals surface area contributed by atoms with Gasteiger partial charge >= 0.3 is 0 Å². The van der Waals surface area contributed by atoms with Gasteiger partial charge in [-0.15, -0.1) is 0 Å². The largest absolute Gasteiger partial charge is 0.452 e. The van der Waals surface area contributed by atoms with Crippen molar-refractivity contribution < 1.29 is 4.42 Å². The molecule has 0 bridgehead atoms. The molecule has 0 aliphatic carbocycles. The molecule has 5 heteroatoms. The number of fused-ring (bicyclic) bond motifs is 11. The molecule has 49 heavy (non-hydrogen) atoms. The molecule has 0 saturated heterocycles. The van der Waals surface area contributed by atoms with Crippen molar-refractivity contribution in [3.05, 3.63) is 158 Å². The van der Waals surface area contributed by atoms with Crippen LogP contribution in [-0.2, 0) is 0 Å². The van der Waals surface area contributed by atoms with Crippen LogP contribution in [0.15, 0.2) is 162 Å². The Morgan fingerprint density at radius 1 is 0.449 bits per heavy atom. The maximum atomic E-state index is 6.61. The van der Waals surface area contributed by atoms with Crippen LogP contribution >= 0.6 is 0 Å². The lowest BCUT2D eigenvalue weighted by Gasteiger charge is -2.10. The molecule has 0 N–H and O–H groups in total. The molecule has 4 heterocycles. The summed E-state index contributed by atoms with van der Waals surface area (Å²) in [6.45, 7) is 0. The van der Waals surface area contributed by atoms with Crippen LogP contribution in [0.2, 0.25) is 0 Å². The summed E-state index contributed by atoms with van der Waals surface area (Å²) in [5, 5.41) is 8.01. The average Bonchev–Trinajstić information content (AvgIpc) is 3.82. The van der Waals surface area contributed by atoms with Crippen molar-refractivity contribution in [3.8, 4) is 22.9 Å². The second-order valence-corrected chi connectivity index (χ2v) is 12.6. The van der Waals surface area contributed by atoms with Crippen molar-refractivity contribution in [2.75, 3.05) is 0 Å². The molecule has 4 aromatic heterocycles. The van der Waals surface area contributed by atoms with Gasteiger partial charge in [-0.2, -0.15) is 0 Å². The fourth-order valence-corrected chi connectivity index (χ4v) is 7.79. The second-order valence-electron chi connectivity index (χ2n) is 12.6. The number of furan rings is 1. The van der Waals surface area contributed by atoms with Gasteiger partial charge in [-0.3, -0.25) is 4.57 Å². The lowest BCUT2D eigenvalue weighted by Crippen LogP contribution is -2.03. The molecule has 228 valence electrons. The molecular weight excluding hydrogens is 601 g/mol. The Labute approximate surface area is 279 Å². The summed E-state index contributed by atoms with van der Waals surface area (Å²) in [4.78, 5) is 10.7. The molecule has 7 aromatic carbocycles. The van der Waals surface area contributed by atoms with E-state index in [0.29, 0.717) is 11.5 Å². The topological polar surface area (TPSA) is 48.8 Å². The SMILES string of the molecule is c1ccc(-c2nc(-n3c4ccccc4c4cc5c6ccccc6n(-c6ccccc6)c5cc43)nc3c2oc2ccc4ccccc4c23)cc1. The first-order valence-electron chi connectivity index (χ1n) is 16.5. The monoisotopic (exact) mass is 626 g/mol. The van der Waals surface area contributed by atoms with E-state index in [9.17, 15) is 0 Å². The minimum absolute atomic E-state index is 0.606. The number of benzene rings is 7. The van der Waals surface area contributed by atoms with Crippen LogP contribution in [0.5, 0.6) is 0 Å². The van der Waals surface area contributed by atoms with Crippen LogP contribution in [-0.4, -0.2) is 19.1 Å². The fourth-order valence-electron chi connectivity index (χ4n) is 7.79. The smallest absolute Gasteiger partial charge is 0.236 e. The van der Waals surface area contributed by atoms with Gasteiger partial charge in [-0.1, -0.05) is 115 Å². The van der Waals surface area contributed by atoms with Gasteiger partial charge in [0.1, 0.15) is 16.8 Å². The highest BCUT2D eigenvalue weighted by atomic mass is 16.3. The Morgan fingerprint density at radius 3 is 1.82 bits per heavy atom. The highest BCUT2D eigenvalue weighted by Crippen LogP contribution is 2.42. The number of aromatic nitrogens is 4. The van der Waals surface area contributed by atoms with Crippen LogP contribution in [0, 0.1) is 0 Å². The summed E-state index contributed by atoms with van der Waals surface area (Å²) >= 11 is 0. The van der Waals surface area contributed by atoms with Crippen molar-refractivity contribution in [1.82, 2.24) is 19.1 Å². The summed E-state index contributed by atoms with van der Waals surface area (Å²) < 4.78 is 11.2. The number of nitrogens with zero attached hydrogens (tertiary/aromatic N) is 4. The third kappa shape index (κ3) is 3.70. The maximum Gasteiger partial charge on any atom is 0.236 e. The first-order chi connectivity index (χ1) is 24.3. The van der Waals surface area contributed by atoms with Gasteiger partial charge in [0, 0.05) is 32.8 Å². The van der Waals surface area contributed by atoms with Gasteiger partial charge in [0.05, 0.1) is 27.5 Å². The fraction of sp³-hybridized carbons (Fsp3) is 0. The van der Waals surface area contributed by atoms with E-state index in [-0.39, 0.29) is 0 Å². The number of hydrogen-bond acceptors (Lipinski definition) is 3. The van der Waals surface area contributed by atoms with Crippen LogP contribution in [0.25, 0.3) is 99.3 Å². The predicted molar refractivity (Wildman–Crippen MR) is 201 cm³/mol. The molecule has 5 nitrogen and oxygen atoms in total. The van der Waals surface area contributed by atoms with E-state index in [0.717, 1.165) is 71.5 Å². The van der Waals surface area contributed by atoms with Gasteiger partial charge in [0.2, 0.25) is 5.95 Å².